The number of H-pyrrole nitrogens is 1. The molecule has 17 heavy (non-hydrogen) atoms. The summed E-state index contributed by atoms with van der Waals surface area (Å²) < 4.78 is 1.36. The molecule has 0 spiro atoms. The van der Waals surface area contributed by atoms with Crippen LogP contribution in [0.1, 0.15) is 6.92 Å². The summed E-state index contributed by atoms with van der Waals surface area (Å²) in [6, 6.07) is 2.01. The van der Waals surface area contributed by atoms with Crippen molar-refractivity contribution in [1.82, 2.24) is 24.5 Å². The predicted octanol–water partition coefficient (Wildman–Crippen LogP) is -0.220. The third kappa shape index (κ3) is 2.62. The van der Waals surface area contributed by atoms with E-state index in [1.54, 1.807) is 6.07 Å². The Morgan fingerprint density at radius 2 is 2.35 bits per heavy atom. The zero-order chi connectivity index (χ0) is 12.4. The molecule has 0 amide bonds. The molecule has 0 aromatic carbocycles. The highest BCUT2D eigenvalue weighted by Crippen LogP contribution is 2.06. The molecule has 0 radical (unpaired) electrons. The molecule has 2 heterocycles. The zero-order valence-electron chi connectivity index (χ0n) is 10.1. The molecule has 0 bridgehead atoms. The average molecular weight is 236 g/mol. The van der Waals surface area contributed by atoms with Gasteiger partial charge in [0.05, 0.1) is 0 Å². The predicted molar refractivity (Wildman–Crippen MR) is 65.2 cm³/mol. The standard InChI is InChI=1S/C10H16N6O/c1-7(5-15(2)3)12-8-4-9-13-14-10(17)16(9)6-11-8/h4,6-7,12H,5H2,1-3H3,(H,14,17). The van der Waals surface area contributed by atoms with Gasteiger partial charge in [-0.05, 0) is 21.0 Å². The number of nitrogens with zero attached hydrogens (tertiary/aromatic N) is 4. The van der Waals surface area contributed by atoms with Gasteiger partial charge in [0.2, 0.25) is 0 Å². The fourth-order valence-electron chi connectivity index (χ4n) is 1.73. The van der Waals surface area contributed by atoms with Crippen LogP contribution in [0.4, 0.5) is 5.82 Å². The number of hydrogen-bond acceptors (Lipinski definition) is 5. The third-order valence-corrected chi connectivity index (χ3v) is 2.34. The minimum Gasteiger partial charge on any atom is -0.366 e. The Morgan fingerprint density at radius 1 is 1.59 bits per heavy atom. The lowest BCUT2D eigenvalue weighted by atomic mass is 10.3. The van der Waals surface area contributed by atoms with Crippen LogP contribution in [-0.2, 0) is 0 Å². The molecule has 0 aliphatic rings. The zero-order valence-corrected chi connectivity index (χ0v) is 10.1. The van der Waals surface area contributed by atoms with E-state index in [9.17, 15) is 4.79 Å². The molecular formula is C10H16N6O. The van der Waals surface area contributed by atoms with E-state index in [1.165, 1.54) is 10.7 Å². The van der Waals surface area contributed by atoms with Crippen molar-refractivity contribution < 1.29 is 0 Å². The van der Waals surface area contributed by atoms with Gasteiger partial charge in [-0.1, -0.05) is 0 Å². The van der Waals surface area contributed by atoms with Crippen LogP contribution < -0.4 is 11.0 Å². The first-order valence-corrected chi connectivity index (χ1v) is 5.40. The van der Waals surface area contributed by atoms with Gasteiger partial charge in [-0.15, -0.1) is 0 Å². The van der Waals surface area contributed by atoms with E-state index in [2.05, 4.69) is 32.3 Å². The smallest absolute Gasteiger partial charge is 0.348 e. The van der Waals surface area contributed by atoms with Crippen molar-refractivity contribution >= 4 is 11.5 Å². The maximum atomic E-state index is 11.2. The van der Waals surface area contributed by atoms with Crippen LogP contribution in [0.3, 0.4) is 0 Å². The number of anilines is 1. The maximum absolute atomic E-state index is 11.2. The number of hydrogen-bond donors (Lipinski definition) is 2. The van der Waals surface area contributed by atoms with Crippen molar-refractivity contribution in [1.29, 1.82) is 0 Å². The van der Waals surface area contributed by atoms with Gasteiger partial charge in [-0.25, -0.2) is 19.3 Å². The first kappa shape index (κ1) is 11.6. The van der Waals surface area contributed by atoms with Gasteiger partial charge < -0.3 is 10.2 Å². The van der Waals surface area contributed by atoms with E-state index in [-0.39, 0.29) is 11.7 Å². The highest BCUT2D eigenvalue weighted by Gasteiger charge is 2.06. The summed E-state index contributed by atoms with van der Waals surface area (Å²) in [5.74, 6) is 0.714. The molecule has 0 saturated carbocycles. The molecule has 7 heteroatoms. The Hall–Kier alpha value is -1.89. The van der Waals surface area contributed by atoms with Crippen molar-refractivity contribution in [3.63, 3.8) is 0 Å². The summed E-state index contributed by atoms with van der Waals surface area (Å²) in [6.45, 7) is 2.98. The lowest BCUT2D eigenvalue weighted by Crippen LogP contribution is -2.30. The maximum Gasteiger partial charge on any atom is 0.348 e. The molecule has 1 atom stereocenters. The number of aromatic nitrogens is 4. The Labute approximate surface area is 98.5 Å². The SMILES string of the molecule is CC(CN(C)C)Nc1cc2n[nH]c(=O)n2cn1. The summed E-state index contributed by atoms with van der Waals surface area (Å²) in [5.41, 5.74) is 0.282. The van der Waals surface area contributed by atoms with Crippen LogP contribution in [0.5, 0.6) is 0 Å². The number of fused-ring (bicyclic) bond motifs is 1. The molecular weight excluding hydrogens is 220 g/mol. The van der Waals surface area contributed by atoms with Gasteiger partial charge in [0, 0.05) is 18.7 Å². The fraction of sp³-hybridized carbons (Fsp3) is 0.500. The highest BCUT2D eigenvalue weighted by molar-refractivity contribution is 5.48. The lowest BCUT2D eigenvalue weighted by molar-refractivity contribution is 0.392. The Morgan fingerprint density at radius 3 is 3.06 bits per heavy atom. The van der Waals surface area contributed by atoms with Crippen molar-refractivity contribution in [2.24, 2.45) is 0 Å². The minimum absolute atomic E-state index is 0.269. The van der Waals surface area contributed by atoms with E-state index in [0.29, 0.717) is 11.5 Å². The molecule has 0 aliphatic carbocycles. The van der Waals surface area contributed by atoms with Crippen LogP contribution >= 0.6 is 0 Å². The summed E-state index contributed by atoms with van der Waals surface area (Å²) in [7, 11) is 4.03. The van der Waals surface area contributed by atoms with Crippen LogP contribution in [0.15, 0.2) is 17.2 Å². The van der Waals surface area contributed by atoms with Gasteiger partial charge >= 0.3 is 5.69 Å². The molecule has 2 aromatic heterocycles. The molecule has 7 nitrogen and oxygen atoms in total. The van der Waals surface area contributed by atoms with E-state index in [0.717, 1.165) is 6.54 Å². The number of nitrogens with one attached hydrogen (secondary N) is 2. The molecule has 0 fully saturated rings. The van der Waals surface area contributed by atoms with Gasteiger partial charge in [-0.2, -0.15) is 5.10 Å². The van der Waals surface area contributed by atoms with E-state index < -0.39 is 0 Å². The van der Waals surface area contributed by atoms with Crippen molar-refractivity contribution in [2.75, 3.05) is 26.0 Å². The Balaban J connectivity index is 2.16. The summed E-state index contributed by atoms with van der Waals surface area (Å²) in [5, 5.41) is 9.51. The van der Waals surface area contributed by atoms with Gasteiger partial charge in [0.25, 0.3) is 0 Å². The second kappa shape index (κ2) is 4.54. The molecule has 2 rings (SSSR count). The first-order valence-electron chi connectivity index (χ1n) is 5.40. The average Bonchev–Trinajstić information content (AvgIpc) is 2.58. The number of likely N-dealkylation sites (N-methyl/N-ethyl adjacent to an activating group) is 1. The second-order valence-corrected chi connectivity index (χ2v) is 4.34. The van der Waals surface area contributed by atoms with Gasteiger partial charge in [0.15, 0.2) is 5.65 Å². The highest BCUT2D eigenvalue weighted by atomic mass is 16.1. The Kier molecular flexibility index (Phi) is 3.10. The summed E-state index contributed by atoms with van der Waals surface area (Å²) >= 11 is 0. The van der Waals surface area contributed by atoms with Crippen LogP contribution in [0, 0.1) is 0 Å². The normalized spacial score (nSPS) is 13.2. The molecule has 92 valence electrons. The van der Waals surface area contributed by atoms with Crippen LogP contribution in [0.25, 0.3) is 5.65 Å². The quantitative estimate of drug-likeness (QED) is 0.767. The summed E-state index contributed by atoms with van der Waals surface area (Å²) in [4.78, 5) is 17.5. The Bertz CT molecular complexity index is 557. The number of aromatic amines is 1. The van der Waals surface area contributed by atoms with Gasteiger partial charge in [-0.3, -0.25) is 0 Å². The van der Waals surface area contributed by atoms with Crippen molar-refractivity contribution in [3.8, 4) is 0 Å². The van der Waals surface area contributed by atoms with E-state index >= 15 is 0 Å². The van der Waals surface area contributed by atoms with Crippen molar-refractivity contribution in [2.45, 2.75) is 13.0 Å². The second-order valence-electron chi connectivity index (χ2n) is 4.34. The molecule has 0 aliphatic heterocycles. The van der Waals surface area contributed by atoms with Crippen LogP contribution in [-0.4, -0.2) is 51.2 Å². The third-order valence-electron chi connectivity index (χ3n) is 2.34. The topological polar surface area (TPSA) is 78.3 Å². The van der Waals surface area contributed by atoms with Crippen LogP contribution in [0.2, 0.25) is 0 Å². The van der Waals surface area contributed by atoms with E-state index in [1.807, 2.05) is 14.1 Å². The number of rotatable bonds is 4. The lowest BCUT2D eigenvalue weighted by Gasteiger charge is -2.18. The molecule has 0 saturated heterocycles. The molecule has 2 aromatic rings. The fourth-order valence-corrected chi connectivity index (χ4v) is 1.73. The first-order chi connectivity index (χ1) is 8.06. The van der Waals surface area contributed by atoms with Gasteiger partial charge in [0.1, 0.15) is 12.1 Å². The monoisotopic (exact) mass is 236 g/mol. The van der Waals surface area contributed by atoms with E-state index in [4.69, 9.17) is 0 Å². The minimum atomic E-state index is -0.277. The summed E-state index contributed by atoms with van der Waals surface area (Å²) in [6.07, 6.45) is 1.46. The molecule has 2 N–H and O–H groups in total. The molecule has 1 unspecified atom stereocenters. The van der Waals surface area contributed by atoms with Crippen molar-refractivity contribution in [3.05, 3.63) is 22.9 Å². The largest absolute Gasteiger partial charge is 0.366 e.